The number of nitrogens with zero attached hydrogens (tertiary/aromatic N) is 2. The lowest BCUT2D eigenvalue weighted by molar-refractivity contribution is 0.238. The summed E-state index contributed by atoms with van der Waals surface area (Å²) in [6.07, 6.45) is 2.77. The van der Waals surface area contributed by atoms with E-state index in [4.69, 9.17) is 0 Å². The van der Waals surface area contributed by atoms with Gasteiger partial charge in [0.25, 0.3) is 5.56 Å². The van der Waals surface area contributed by atoms with E-state index in [-0.39, 0.29) is 5.56 Å². The van der Waals surface area contributed by atoms with Gasteiger partial charge in [0.15, 0.2) is 5.16 Å². The molecule has 2 aromatic heterocycles. The molecule has 0 unspecified atom stereocenters. The van der Waals surface area contributed by atoms with Crippen LogP contribution in [0.5, 0.6) is 0 Å². The predicted molar refractivity (Wildman–Crippen MR) is 84.7 cm³/mol. The Morgan fingerprint density at radius 2 is 2.19 bits per heavy atom. The number of hydrogen-bond acceptors (Lipinski definition) is 4. The number of H-pyrrole nitrogens is 2. The normalized spacial score (nSPS) is 15.2. The largest absolute Gasteiger partial charge is 0.361 e. The highest BCUT2D eigenvalue weighted by atomic mass is 32.2. The van der Waals surface area contributed by atoms with Gasteiger partial charge >= 0.3 is 0 Å². The molecule has 0 amide bonds. The second kappa shape index (κ2) is 5.69. The van der Waals surface area contributed by atoms with E-state index in [1.165, 1.54) is 28.7 Å². The summed E-state index contributed by atoms with van der Waals surface area (Å²) in [5.74, 6) is 0. The van der Waals surface area contributed by atoms with E-state index in [0.717, 1.165) is 30.8 Å². The molecule has 1 aliphatic rings. The van der Waals surface area contributed by atoms with Crippen LogP contribution in [0.4, 0.5) is 0 Å². The minimum Gasteiger partial charge on any atom is -0.361 e. The molecule has 0 radical (unpaired) electrons. The van der Waals surface area contributed by atoms with E-state index in [9.17, 15) is 4.79 Å². The number of thioether (sulfide) groups is 1. The maximum atomic E-state index is 12.2. The molecule has 0 fully saturated rings. The summed E-state index contributed by atoms with van der Waals surface area (Å²) in [5.41, 5.74) is 5.49. The molecule has 112 valence electrons. The summed E-state index contributed by atoms with van der Waals surface area (Å²) in [6.45, 7) is 6.65. The molecule has 0 atom stereocenters. The van der Waals surface area contributed by atoms with E-state index in [1.54, 1.807) is 0 Å². The quantitative estimate of drug-likeness (QED) is 0.672. The van der Waals surface area contributed by atoms with Gasteiger partial charge in [-0.25, -0.2) is 4.98 Å². The first kappa shape index (κ1) is 14.4. The van der Waals surface area contributed by atoms with Gasteiger partial charge in [0.05, 0.1) is 11.3 Å². The van der Waals surface area contributed by atoms with Gasteiger partial charge in [-0.05, 0) is 31.7 Å². The lowest BCUT2D eigenvalue weighted by Gasteiger charge is -2.27. The van der Waals surface area contributed by atoms with E-state index in [0.29, 0.717) is 11.7 Å². The lowest BCUT2D eigenvalue weighted by atomic mass is 10.1. The van der Waals surface area contributed by atoms with E-state index < -0.39 is 0 Å². The highest BCUT2D eigenvalue weighted by Crippen LogP contribution is 2.19. The molecule has 6 heteroatoms. The minimum atomic E-state index is 0.00781. The van der Waals surface area contributed by atoms with Crippen molar-refractivity contribution in [3.8, 4) is 0 Å². The third-order valence-electron chi connectivity index (χ3n) is 3.96. The van der Waals surface area contributed by atoms with Gasteiger partial charge in [0.2, 0.25) is 0 Å². The maximum Gasteiger partial charge on any atom is 0.256 e. The van der Waals surface area contributed by atoms with Crippen molar-refractivity contribution in [1.82, 2.24) is 19.9 Å². The highest BCUT2D eigenvalue weighted by molar-refractivity contribution is 7.98. The van der Waals surface area contributed by atoms with Gasteiger partial charge in [-0.15, -0.1) is 0 Å². The van der Waals surface area contributed by atoms with Crippen molar-refractivity contribution in [2.45, 2.75) is 38.5 Å². The number of nitrogens with one attached hydrogen (secondary N) is 2. The topological polar surface area (TPSA) is 64.8 Å². The molecule has 0 aromatic carbocycles. The Kier molecular flexibility index (Phi) is 3.91. The molecule has 5 nitrogen and oxygen atoms in total. The smallest absolute Gasteiger partial charge is 0.256 e. The van der Waals surface area contributed by atoms with Crippen LogP contribution in [-0.2, 0) is 19.5 Å². The van der Waals surface area contributed by atoms with Gasteiger partial charge in [0, 0.05) is 37.4 Å². The van der Waals surface area contributed by atoms with Crippen LogP contribution in [0.1, 0.15) is 28.2 Å². The Hall–Kier alpha value is -1.53. The fraction of sp³-hybridized carbons (Fsp3) is 0.467. The monoisotopic (exact) mass is 304 g/mol. The van der Waals surface area contributed by atoms with E-state index in [1.807, 2.05) is 6.26 Å². The molecule has 3 rings (SSSR count). The average Bonchev–Trinajstić information content (AvgIpc) is 2.77. The number of hydrogen-bond donors (Lipinski definition) is 2. The van der Waals surface area contributed by atoms with Crippen LogP contribution in [0, 0.1) is 13.8 Å². The van der Waals surface area contributed by atoms with Crippen molar-refractivity contribution in [3.05, 3.63) is 44.6 Å². The van der Waals surface area contributed by atoms with Crippen LogP contribution in [0.3, 0.4) is 0 Å². The molecule has 0 saturated carbocycles. The summed E-state index contributed by atoms with van der Waals surface area (Å²) in [7, 11) is 0. The van der Waals surface area contributed by atoms with Crippen LogP contribution >= 0.6 is 11.8 Å². The second-order valence-corrected chi connectivity index (χ2v) is 6.37. The van der Waals surface area contributed by atoms with Crippen molar-refractivity contribution < 1.29 is 0 Å². The fourth-order valence-electron chi connectivity index (χ4n) is 2.86. The number of rotatable bonds is 3. The summed E-state index contributed by atoms with van der Waals surface area (Å²) in [4.78, 5) is 25.2. The third-order valence-corrected chi connectivity index (χ3v) is 4.54. The molecule has 0 aliphatic carbocycles. The molecule has 0 saturated heterocycles. The molecule has 1 aliphatic heterocycles. The lowest BCUT2D eigenvalue weighted by Crippen LogP contribution is -2.35. The Bertz CT molecular complexity index is 719. The Balaban J connectivity index is 1.81. The first-order valence-electron chi connectivity index (χ1n) is 7.10. The Morgan fingerprint density at radius 1 is 1.38 bits per heavy atom. The highest BCUT2D eigenvalue weighted by Gasteiger charge is 2.21. The third kappa shape index (κ3) is 2.91. The van der Waals surface area contributed by atoms with Crippen molar-refractivity contribution in [3.63, 3.8) is 0 Å². The van der Waals surface area contributed by atoms with Gasteiger partial charge in [-0.2, -0.15) is 0 Å². The predicted octanol–water partition coefficient (Wildman–Crippen LogP) is 2.00. The Morgan fingerprint density at radius 3 is 2.86 bits per heavy atom. The standard InChI is InChI=1S/C15H20N4OS/c1-9-6-10(2)16-13(9)8-19-5-4-12-11(7-19)14(20)18-15(17-12)21-3/h6,16H,4-5,7-8H2,1-3H3,(H,17,18,20). The molecule has 3 heterocycles. The van der Waals surface area contributed by atoms with Gasteiger partial charge in [-0.3, -0.25) is 9.69 Å². The molecule has 2 N–H and O–H groups in total. The van der Waals surface area contributed by atoms with Gasteiger partial charge in [-0.1, -0.05) is 11.8 Å². The van der Waals surface area contributed by atoms with Crippen molar-refractivity contribution in [2.75, 3.05) is 12.8 Å². The number of fused-ring (bicyclic) bond motifs is 1. The summed E-state index contributed by atoms with van der Waals surface area (Å²) < 4.78 is 0. The molecular weight excluding hydrogens is 284 g/mol. The van der Waals surface area contributed by atoms with Crippen LogP contribution in [0.25, 0.3) is 0 Å². The maximum absolute atomic E-state index is 12.2. The van der Waals surface area contributed by atoms with Crippen LogP contribution in [0.15, 0.2) is 16.0 Å². The molecule has 0 bridgehead atoms. The van der Waals surface area contributed by atoms with Crippen LogP contribution in [-0.4, -0.2) is 32.7 Å². The molecule has 0 spiro atoms. The fourth-order valence-corrected chi connectivity index (χ4v) is 3.26. The first-order valence-corrected chi connectivity index (χ1v) is 8.33. The molecule has 2 aromatic rings. The molecular formula is C15H20N4OS. The average molecular weight is 304 g/mol. The summed E-state index contributed by atoms with van der Waals surface area (Å²) in [5, 5.41) is 0.711. The number of aryl methyl sites for hydroxylation is 2. The summed E-state index contributed by atoms with van der Waals surface area (Å²) >= 11 is 1.48. The zero-order valence-corrected chi connectivity index (χ0v) is 13.4. The summed E-state index contributed by atoms with van der Waals surface area (Å²) in [6, 6.07) is 2.16. The minimum absolute atomic E-state index is 0.00781. The zero-order valence-electron chi connectivity index (χ0n) is 12.6. The van der Waals surface area contributed by atoms with Crippen molar-refractivity contribution >= 4 is 11.8 Å². The zero-order chi connectivity index (χ0) is 15.0. The molecule has 21 heavy (non-hydrogen) atoms. The van der Waals surface area contributed by atoms with Crippen LogP contribution < -0.4 is 5.56 Å². The second-order valence-electron chi connectivity index (χ2n) is 5.58. The SMILES string of the molecule is CSc1nc2c(c(=O)[nH]1)CN(Cc1[nH]c(C)cc1C)CC2. The number of aromatic amines is 2. The van der Waals surface area contributed by atoms with Crippen molar-refractivity contribution in [1.29, 1.82) is 0 Å². The van der Waals surface area contributed by atoms with Gasteiger partial charge < -0.3 is 9.97 Å². The van der Waals surface area contributed by atoms with Crippen LogP contribution in [0.2, 0.25) is 0 Å². The van der Waals surface area contributed by atoms with E-state index in [2.05, 4.69) is 39.8 Å². The van der Waals surface area contributed by atoms with Gasteiger partial charge in [0.1, 0.15) is 0 Å². The van der Waals surface area contributed by atoms with Crippen molar-refractivity contribution in [2.24, 2.45) is 0 Å². The number of aromatic nitrogens is 3. The van der Waals surface area contributed by atoms with E-state index >= 15 is 0 Å². The Labute approximate surface area is 128 Å². The first-order chi connectivity index (χ1) is 10.1.